The zero-order valence-corrected chi connectivity index (χ0v) is 16.2. The fourth-order valence-corrected chi connectivity index (χ4v) is 3.67. The lowest BCUT2D eigenvalue weighted by Crippen LogP contribution is -2.15. The van der Waals surface area contributed by atoms with Gasteiger partial charge in [-0.25, -0.2) is 0 Å². The van der Waals surface area contributed by atoms with E-state index in [2.05, 4.69) is 10.2 Å². The minimum absolute atomic E-state index is 0.311. The van der Waals surface area contributed by atoms with E-state index in [0.29, 0.717) is 16.0 Å². The molecule has 5 nitrogen and oxygen atoms in total. The summed E-state index contributed by atoms with van der Waals surface area (Å²) in [5.41, 5.74) is 2.78. The van der Waals surface area contributed by atoms with Crippen molar-refractivity contribution >= 4 is 29.3 Å². The summed E-state index contributed by atoms with van der Waals surface area (Å²) < 4.78 is 6.76. The van der Waals surface area contributed by atoms with Crippen molar-refractivity contribution in [2.75, 3.05) is 7.11 Å². The number of hydrogen-bond donors (Lipinski definition) is 0. The molecule has 134 valence electrons. The third kappa shape index (κ3) is 3.61. The fourth-order valence-electron chi connectivity index (χ4n) is 2.57. The van der Waals surface area contributed by atoms with Crippen LogP contribution < -0.4 is 0 Å². The standard InChI is InChI=1S/C19H18ClN3O2S/c1-12-8-4-7-11-16(12)23-17(14-9-5-6-10-15(14)20)21-22-19(23)26-13(2)18(24)25-3/h4-11,13H,1-3H3. The van der Waals surface area contributed by atoms with Gasteiger partial charge < -0.3 is 4.74 Å². The van der Waals surface area contributed by atoms with Crippen LogP contribution >= 0.6 is 23.4 Å². The maximum absolute atomic E-state index is 11.8. The van der Waals surface area contributed by atoms with E-state index >= 15 is 0 Å². The number of halogens is 1. The summed E-state index contributed by atoms with van der Waals surface area (Å²) in [6.07, 6.45) is 0. The molecule has 2 aromatic carbocycles. The van der Waals surface area contributed by atoms with Crippen molar-refractivity contribution in [2.45, 2.75) is 24.3 Å². The predicted octanol–water partition coefficient (Wildman–Crippen LogP) is 4.55. The molecule has 0 aliphatic rings. The first-order chi connectivity index (χ1) is 12.5. The van der Waals surface area contributed by atoms with Gasteiger partial charge in [-0.1, -0.05) is 53.7 Å². The van der Waals surface area contributed by atoms with E-state index in [1.807, 2.05) is 60.0 Å². The molecule has 7 heteroatoms. The monoisotopic (exact) mass is 387 g/mol. The molecule has 3 aromatic rings. The van der Waals surface area contributed by atoms with Crippen molar-refractivity contribution in [3.63, 3.8) is 0 Å². The summed E-state index contributed by atoms with van der Waals surface area (Å²) in [7, 11) is 1.38. The number of rotatable bonds is 5. The Bertz CT molecular complexity index is 942. The highest BCUT2D eigenvalue weighted by molar-refractivity contribution is 8.00. The van der Waals surface area contributed by atoms with Crippen molar-refractivity contribution in [1.29, 1.82) is 0 Å². The van der Waals surface area contributed by atoms with E-state index in [1.54, 1.807) is 6.92 Å². The highest BCUT2D eigenvalue weighted by atomic mass is 35.5. The molecule has 0 amide bonds. The van der Waals surface area contributed by atoms with Crippen LogP contribution in [0.2, 0.25) is 5.02 Å². The van der Waals surface area contributed by atoms with Crippen LogP contribution in [0.3, 0.4) is 0 Å². The molecule has 1 unspecified atom stereocenters. The lowest BCUT2D eigenvalue weighted by molar-refractivity contribution is -0.139. The van der Waals surface area contributed by atoms with E-state index < -0.39 is 5.25 Å². The molecule has 0 bridgehead atoms. The topological polar surface area (TPSA) is 57.0 Å². The number of para-hydroxylation sites is 1. The number of hydrogen-bond acceptors (Lipinski definition) is 5. The highest BCUT2D eigenvalue weighted by Gasteiger charge is 2.23. The molecule has 0 N–H and O–H groups in total. The zero-order chi connectivity index (χ0) is 18.7. The molecule has 26 heavy (non-hydrogen) atoms. The predicted molar refractivity (Wildman–Crippen MR) is 104 cm³/mol. The smallest absolute Gasteiger partial charge is 0.318 e. The Morgan fingerprint density at radius 3 is 2.54 bits per heavy atom. The summed E-state index contributed by atoms with van der Waals surface area (Å²) in [5, 5.41) is 9.46. The minimum atomic E-state index is -0.411. The number of thioether (sulfide) groups is 1. The van der Waals surface area contributed by atoms with Gasteiger partial charge in [0.15, 0.2) is 11.0 Å². The number of benzene rings is 2. The maximum Gasteiger partial charge on any atom is 0.318 e. The second-order valence-corrected chi connectivity index (χ2v) is 7.41. The Balaban J connectivity index is 2.17. The Morgan fingerprint density at radius 2 is 1.85 bits per heavy atom. The van der Waals surface area contributed by atoms with Crippen LogP contribution in [-0.4, -0.2) is 33.1 Å². The van der Waals surface area contributed by atoms with Gasteiger partial charge in [0.05, 0.1) is 17.8 Å². The van der Waals surface area contributed by atoms with E-state index in [-0.39, 0.29) is 5.97 Å². The number of nitrogens with zero attached hydrogens (tertiary/aromatic N) is 3. The van der Waals surface area contributed by atoms with E-state index in [9.17, 15) is 4.79 Å². The maximum atomic E-state index is 11.8. The fraction of sp³-hybridized carbons (Fsp3) is 0.211. The highest BCUT2D eigenvalue weighted by Crippen LogP contribution is 2.34. The summed E-state index contributed by atoms with van der Waals surface area (Å²) >= 11 is 7.68. The average molecular weight is 388 g/mol. The summed E-state index contributed by atoms with van der Waals surface area (Å²) in [4.78, 5) is 11.8. The van der Waals surface area contributed by atoms with Crippen molar-refractivity contribution in [2.24, 2.45) is 0 Å². The van der Waals surface area contributed by atoms with Gasteiger partial charge in [-0.05, 0) is 37.6 Å². The molecule has 0 aliphatic carbocycles. The molecule has 0 saturated carbocycles. The van der Waals surface area contributed by atoms with Gasteiger partial charge in [-0.3, -0.25) is 9.36 Å². The van der Waals surface area contributed by atoms with Gasteiger partial charge in [0.25, 0.3) is 0 Å². The second-order valence-electron chi connectivity index (χ2n) is 5.69. The Hall–Kier alpha value is -2.31. The van der Waals surface area contributed by atoms with Crippen LogP contribution in [0.25, 0.3) is 17.1 Å². The number of carbonyl (C=O) groups excluding carboxylic acids is 1. The number of carbonyl (C=O) groups is 1. The van der Waals surface area contributed by atoms with Crippen LogP contribution in [-0.2, 0) is 9.53 Å². The van der Waals surface area contributed by atoms with Gasteiger partial charge >= 0.3 is 5.97 Å². The molecule has 0 radical (unpaired) electrons. The van der Waals surface area contributed by atoms with Gasteiger partial charge in [-0.2, -0.15) is 0 Å². The molecule has 0 spiro atoms. The third-order valence-corrected chi connectivity index (χ3v) is 5.27. The van der Waals surface area contributed by atoms with Crippen molar-refractivity contribution < 1.29 is 9.53 Å². The third-order valence-electron chi connectivity index (χ3n) is 3.92. The van der Waals surface area contributed by atoms with Gasteiger partial charge in [0, 0.05) is 5.56 Å². The van der Waals surface area contributed by atoms with Gasteiger partial charge in [0.2, 0.25) is 0 Å². The lowest BCUT2D eigenvalue weighted by Gasteiger charge is -2.14. The second kappa shape index (κ2) is 7.93. The number of ether oxygens (including phenoxy) is 1. The molecular formula is C19H18ClN3O2S. The number of aromatic nitrogens is 3. The lowest BCUT2D eigenvalue weighted by atomic mass is 10.1. The summed E-state index contributed by atoms with van der Waals surface area (Å²) in [6.45, 7) is 3.80. The first-order valence-electron chi connectivity index (χ1n) is 8.03. The van der Waals surface area contributed by atoms with Crippen molar-refractivity contribution in [3.05, 3.63) is 59.1 Å². The van der Waals surface area contributed by atoms with Crippen molar-refractivity contribution in [1.82, 2.24) is 14.8 Å². The van der Waals surface area contributed by atoms with Crippen LogP contribution in [0.5, 0.6) is 0 Å². The Morgan fingerprint density at radius 1 is 1.15 bits per heavy atom. The summed E-state index contributed by atoms with van der Waals surface area (Å²) in [6, 6.07) is 15.4. The minimum Gasteiger partial charge on any atom is -0.468 e. The first-order valence-corrected chi connectivity index (χ1v) is 9.29. The van der Waals surface area contributed by atoms with Crippen LogP contribution in [0, 0.1) is 6.92 Å². The number of aryl methyl sites for hydroxylation is 1. The van der Waals surface area contributed by atoms with E-state index in [1.165, 1.54) is 18.9 Å². The van der Waals surface area contributed by atoms with Crippen molar-refractivity contribution in [3.8, 4) is 17.1 Å². The SMILES string of the molecule is COC(=O)C(C)Sc1nnc(-c2ccccc2Cl)n1-c1ccccc1C. The molecule has 3 rings (SSSR count). The molecule has 0 aliphatic heterocycles. The van der Waals surface area contributed by atoms with Crippen LogP contribution in [0.1, 0.15) is 12.5 Å². The zero-order valence-electron chi connectivity index (χ0n) is 14.6. The average Bonchev–Trinajstić information content (AvgIpc) is 3.04. The van der Waals surface area contributed by atoms with Gasteiger partial charge in [0.1, 0.15) is 5.25 Å². The molecule has 1 aromatic heterocycles. The quantitative estimate of drug-likeness (QED) is 0.474. The van der Waals surface area contributed by atoms with E-state index in [0.717, 1.165) is 16.8 Å². The molecular weight excluding hydrogens is 370 g/mol. The Kier molecular flexibility index (Phi) is 5.64. The number of methoxy groups -OCH3 is 1. The first kappa shape index (κ1) is 18.5. The van der Waals surface area contributed by atoms with E-state index in [4.69, 9.17) is 16.3 Å². The number of esters is 1. The van der Waals surface area contributed by atoms with Crippen LogP contribution in [0.15, 0.2) is 53.7 Å². The Labute approximate surface area is 161 Å². The van der Waals surface area contributed by atoms with Gasteiger partial charge in [-0.15, -0.1) is 10.2 Å². The largest absolute Gasteiger partial charge is 0.468 e. The molecule has 1 atom stereocenters. The molecule has 1 heterocycles. The normalized spacial score (nSPS) is 12.0. The molecule has 0 fully saturated rings. The molecule has 0 saturated heterocycles. The van der Waals surface area contributed by atoms with Crippen LogP contribution in [0.4, 0.5) is 0 Å². The summed E-state index contributed by atoms with van der Waals surface area (Å²) in [5.74, 6) is 0.318.